The summed E-state index contributed by atoms with van der Waals surface area (Å²) in [4.78, 5) is 2.24. The standard InChI is InChI=1S/C15H14N.2C6H5.C5H5.2ClH.H2Si.Zr/c1-16(2)13-7-8-15-12(10-13)9-11-5-3-4-6-14(11)15;2*1-2-4-6-5-3-1;1-2-4-5-3-1;;;;/h3-10H,1-2H3;2*1-5H;1-3H,4H2;2*1H;1H2;. The third-order valence-electron chi connectivity index (χ3n) is 8.43. The van der Waals surface area contributed by atoms with Gasteiger partial charge in [-0.2, -0.15) is 0 Å². The van der Waals surface area contributed by atoms with E-state index in [1.54, 1.807) is 9.82 Å². The summed E-state index contributed by atoms with van der Waals surface area (Å²) in [6, 6.07) is 39.4. The van der Waals surface area contributed by atoms with Crippen LogP contribution >= 0.6 is 24.8 Å². The normalized spacial score (nSPS) is 15.6. The van der Waals surface area contributed by atoms with Crippen LogP contribution in [0.25, 0.3) is 11.1 Å². The van der Waals surface area contributed by atoms with Crippen LogP contribution < -0.4 is 11.4 Å². The van der Waals surface area contributed by atoms with E-state index in [2.05, 4.69) is 147 Å². The molecule has 0 aromatic heterocycles. The van der Waals surface area contributed by atoms with Crippen LogP contribution in [-0.4, -0.2) is 21.0 Å². The maximum atomic E-state index is 2.48. The Hall–Kier alpha value is -2.16. The van der Waals surface area contributed by atoms with Crippen molar-refractivity contribution in [3.63, 3.8) is 0 Å². The van der Waals surface area contributed by atoms with Gasteiger partial charge in [0.15, 0.2) is 0 Å². The molecule has 0 saturated heterocycles. The van der Waals surface area contributed by atoms with E-state index in [4.69, 9.17) is 0 Å². The van der Waals surface area contributed by atoms with E-state index >= 15 is 0 Å². The zero-order valence-electron chi connectivity index (χ0n) is 21.3. The van der Waals surface area contributed by atoms with Gasteiger partial charge in [-0.25, -0.2) is 0 Å². The number of hydrogen-bond donors (Lipinski definition) is 0. The second-order valence-electron chi connectivity index (χ2n) is 10.3. The number of nitrogens with zero attached hydrogens (tertiary/aromatic N) is 1. The Morgan fingerprint density at radius 2 is 1.27 bits per heavy atom. The Kier molecular flexibility index (Phi) is 7.94. The zero-order valence-corrected chi connectivity index (χ0v) is 26.8. The molecule has 0 radical (unpaired) electrons. The second kappa shape index (κ2) is 10.5. The Morgan fingerprint density at radius 3 is 1.84 bits per heavy atom. The Labute approximate surface area is 235 Å². The quantitative estimate of drug-likeness (QED) is 0.233. The smallest absolute Gasteiger partial charge is 0.147 e. The van der Waals surface area contributed by atoms with Crippen LogP contribution in [0.3, 0.4) is 0 Å². The van der Waals surface area contributed by atoms with Gasteiger partial charge in [-0.3, -0.25) is 0 Å². The van der Waals surface area contributed by atoms with Gasteiger partial charge in [-0.05, 0) is 0 Å². The van der Waals surface area contributed by atoms with Crippen molar-refractivity contribution in [1.82, 2.24) is 0 Å². The largest absolute Gasteiger partial charge is 0.147 e. The third-order valence-corrected chi connectivity index (χ3v) is 35.7. The number of rotatable bonds is 5. The van der Waals surface area contributed by atoms with Crippen LogP contribution in [0.1, 0.15) is 21.2 Å². The first-order chi connectivity index (χ1) is 17.0. The van der Waals surface area contributed by atoms with Crippen molar-refractivity contribution in [3.05, 3.63) is 136 Å². The van der Waals surface area contributed by atoms with Crippen LogP contribution in [0.2, 0.25) is 0 Å². The number of halogens is 2. The van der Waals surface area contributed by atoms with Gasteiger partial charge >= 0.3 is 212 Å². The Morgan fingerprint density at radius 1 is 0.703 bits per heavy atom. The minimum Gasteiger partial charge on any atom is -0.147 e. The van der Waals surface area contributed by atoms with E-state index in [0.29, 0.717) is 3.63 Å². The molecule has 37 heavy (non-hydrogen) atoms. The van der Waals surface area contributed by atoms with E-state index in [9.17, 15) is 0 Å². The second-order valence-corrected chi connectivity index (χ2v) is 32.4. The van der Waals surface area contributed by atoms with Crippen molar-refractivity contribution >= 4 is 43.9 Å². The van der Waals surface area contributed by atoms with Crippen molar-refractivity contribution in [2.45, 2.75) is 10.0 Å². The molecule has 5 heteroatoms. The fraction of sp³-hybridized carbons (Fsp3) is 0.125. The molecule has 1 nitrogen and oxygen atoms in total. The minimum atomic E-state index is -4.27. The van der Waals surface area contributed by atoms with Crippen LogP contribution in [0.5, 0.6) is 0 Å². The summed E-state index contributed by atoms with van der Waals surface area (Å²) in [6.07, 6.45) is 8.16. The van der Waals surface area contributed by atoms with Crippen LogP contribution in [-0.2, 0) is 17.4 Å². The molecule has 0 aliphatic heterocycles. The van der Waals surface area contributed by atoms with Gasteiger partial charge in [0, 0.05) is 0 Å². The minimum absolute atomic E-state index is 0. The molecule has 6 rings (SSSR count). The average molecular weight is 622 g/mol. The molecule has 0 amide bonds. The molecule has 1 atom stereocenters. The first kappa shape index (κ1) is 27.9. The number of benzene rings is 4. The number of anilines is 1. The molecule has 2 aliphatic carbocycles. The van der Waals surface area contributed by atoms with Gasteiger partial charge < -0.3 is 0 Å². The summed E-state index contributed by atoms with van der Waals surface area (Å²) in [6.45, 7) is 2.39. The van der Waals surface area contributed by atoms with Crippen LogP contribution in [0.15, 0.2) is 125 Å². The van der Waals surface area contributed by atoms with Gasteiger partial charge in [-0.1, -0.05) is 0 Å². The molecule has 0 N–H and O–H groups in total. The van der Waals surface area contributed by atoms with Crippen molar-refractivity contribution in [3.8, 4) is 11.1 Å². The predicted octanol–water partition coefficient (Wildman–Crippen LogP) is 6.40. The topological polar surface area (TPSA) is 3.24 Å². The van der Waals surface area contributed by atoms with Crippen LogP contribution in [0, 0.1) is 0 Å². The van der Waals surface area contributed by atoms with E-state index in [-0.39, 0.29) is 24.8 Å². The molecule has 2 aliphatic rings. The summed E-state index contributed by atoms with van der Waals surface area (Å²) in [5, 5.41) is 0. The maximum Gasteiger partial charge on any atom is -0.147 e. The predicted molar refractivity (Wildman–Crippen MR) is 165 cm³/mol. The molecular weight excluding hydrogens is 589 g/mol. The molecule has 0 heterocycles. The number of allylic oxidation sites excluding steroid dienone is 4. The molecule has 1 unspecified atom stereocenters. The summed E-state index contributed by atoms with van der Waals surface area (Å²) >= 11 is -4.27. The summed E-state index contributed by atoms with van der Waals surface area (Å²) < 4.78 is 5.11. The molecular formula is C32H33Cl2NSiZr. The summed E-state index contributed by atoms with van der Waals surface area (Å²) in [5.41, 5.74) is 7.08. The van der Waals surface area contributed by atoms with Gasteiger partial charge in [0.25, 0.3) is 0 Å². The Bertz CT molecular complexity index is 1510. The van der Waals surface area contributed by atoms with E-state index in [0.717, 1.165) is 6.42 Å². The molecule has 0 bridgehead atoms. The van der Waals surface area contributed by atoms with E-state index < -0.39 is 17.4 Å². The molecule has 0 saturated carbocycles. The van der Waals surface area contributed by atoms with E-state index in [1.807, 2.05) is 0 Å². The molecule has 4 aromatic rings. The van der Waals surface area contributed by atoms with Gasteiger partial charge in [0.05, 0.1) is 0 Å². The number of fused-ring (bicyclic) bond motifs is 3. The van der Waals surface area contributed by atoms with Gasteiger partial charge in [-0.15, -0.1) is 24.8 Å². The van der Waals surface area contributed by atoms with E-state index in [1.165, 1.54) is 27.9 Å². The zero-order chi connectivity index (χ0) is 24.1. The third kappa shape index (κ3) is 3.98. The molecule has 0 fully saturated rings. The molecule has 4 aromatic carbocycles. The summed E-state index contributed by atoms with van der Waals surface area (Å²) in [7, 11) is 4.30. The van der Waals surface area contributed by atoms with Crippen LogP contribution in [0.4, 0.5) is 5.69 Å². The van der Waals surface area contributed by atoms with Gasteiger partial charge in [0.2, 0.25) is 0 Å². The fourth-order valence-corrected chi connectivity index (χ4v) is 30.7. The van der Waals surface area contributed by atoms with Crippen molar-refractivity contribution in [1.29, 1.82) is 0 Å². The monoisotopic (exact) mass is 619 g/mol. The first-order valence-electron chi connectivity index (χ1n) is 12.4. The average Bonchev–Trinajstić information content (AvgIpc) is 3.57. The SMILES string of the molecule is CN(C)c1ccc2c(c1)[CH]([Zr](=[SiH2])([C]1=CC=CC1)([c]1ccccc1)[c]1ccccc1)c1ccccc1-2.Cl.Cl. The van der Waals surface area contributed by atoms with Crippen molar-refractivity contribution < 1.29 is 17.4 Å². The first-order valence-corrected chi connectivity index (χ1v) is 23.5. The molecule has 0 spiro atoms. The number of hydrogen-bond acceptors (Lipinski definition) is 1. The van der Waals surface area contributed by atoms with Crippen molar-refractivity contribution in [2.75, 3.05) is 19.0 Å². The summed E-state index contributed by atoms with van der Waals surface area (Å²) in [5.74, 6) is 0. The maximum absolute atomic E-state index is 4.27. The fourth-order valence-electron chi connectivity index (χ4n) is 6.73. The molecule has 188 valence electrons. The van der Waals surface area contributed by atoms with Crippen molar-refractivity contribution in [2.24, 2.45) is 0 Å². The Balaban J connectivity index is 0.00000160. The van der Waals surface area contributed by atoms with Gasteiger partial charge in [0.1, 0.15) is 0 Å².